The number of anilines is 1. The van der Waals surface area contributed by atoms with Gasteiger partial charge >= 0.3 is 0 Å². The largest absolute Gasteiger partial charge is 0.350 e. The number of carbonyl (C=O) groups is 1. The molecule has 4 rings (SSSR count). The highest BCUT2D eigenvalue weighted by atomic mass is 19.1. The molecule has 0 fully saturated rings. The lowest BCUT2D eigenvalue weighted by Gasteiger charge is -2.05. The number of hydrogen-bond donors (Lipinski definition) is 2. The molecular formula is C18H14FN4O+. The molecule has 0 saturated heterocycles. The average Bonchev–Trinajstić information content (AvgIpc) is 3.17. The molecule has 2 heterocycles. The normalized spacial score (nSPS) is 12.7. The molecule has 6 heteroatoms. The van der Waals surface area contributed by atoms with E-state index in [2.05, 4.69) is 22.1 Å². The molecule has 3 aromatic rings. The molecule has 5 nitrogen and oxygen atoms in total. The van der Waals surface area contributed by atoms with E-state index in [1.807, 2.05) is 19.1 Å². The Balaban J connectivity index is 1.71. The van der Waals surface area contributed by atoms with Gasteiger partial charge in [0, 0.05) is 11.5 Å². The highest BCUT2D eigenvalue weighted by molar-refractivity contribution is 6.09. The number of H-pyrrole nitrogens is 1. The Hall–Kier alpha value is -3.28. The van der Waals surface area contributed by atoms with Crippen molar-refractivity contribution in [3.63, 3.8) is 0 Å². The van der Waals surface area contributed by atoms with Gasteiger partial charge in [-0.2, -0.15) is 0 Å². The van der Waals surface area contributed by atoms with Crippen molar-refractivity contribution in [2.24, 2.45) is 5.10 Å². The molecule has 2 N–H and O–H groups in total. The van der Waals surface area contributed by atoms with Crippen LogP contribution in [0.4, 0.5) is 15.8 Å². The van der Waals surface area contributed by atoms with Gasteiger partial charge < -0.3 is 10.3 Å². The van der Waals surface area contributed by atoms with Gasteiger partial charge in [-0.1, -0.05) is 16.8 Å². The van der Waals surface area contributed by atoms with E-state index >= 15 is 0 Å². The number of halogens is 1. The van der Waals surface area contributed by atoms with Gasteiger partial charge in [-0.05, 0) is 35.8 Å². The fourth-order valence-electron chi connectivity index (χ4n) is 2.85. The molecule has 0 unspecified atom stereocenters. The van der Waals surface area contributed by atoms with Gasteiger partial charge in [0.1, 0.15) is 17.7 Å². The van der Waals surface area contributed by atoms with Gasteiger partial charge in [0.25, 0.3) is 5.91 Å². The second-order valence-electron chi connectivity index (χ2n) is 5.67. The Labute approximate surface area is 137 Å². The monoisotopic (exact) mass is 321 g/mol. The van der Waals surface area contributed by atoms with Crippen molar-refractivity contribution < 1.29 is 13.9 Å². The summed E-state index contributed by atoms with van der Waals surface area (Å²) in [6, 6.07) is 10.1. The first kappa shape index (κ1) is 14.3. The average molecular weight is 321 g/mol. The lowest BCUT2D eigenvalue weighted by Crippen LogP contribution is -2.13. The van der Waals surface area contributed by atoms with Crippen molar-refractivity contribution in [3.8, 4) is 0 Å². The first-order chi connectivity index (χ1) is 11.5. The number of aromatic nitrogens is 1. The molecule has 118 valence electrons. The van der Waals surface area contributed by atoms with Gasteiger partial charge in [0.15, 0.2) is 6.72 Å². The summed E-state index contributed by atoms with van der Waals surface area (Å²) in [7, 11) is 0. The third kappa shape index (κ3) is 2.11. The molecule has 1 aliphatic rings. The number of nitrogens with one attached hydrogen (secondary N) is 2. The van der Waals surface area contributed by atoms with Gasteiger partial charge in [-0.25, -0.2) is 4.39 Å². The summed E-state index contributed by atoms with van der Waals surface area (Å²) < 4.78 is 15.4. The molecule has 0 bridgehead atoms. The summed E-state index contributed by atoms with van der Waals surface area (Å²) in [5.74, 6) is -0.694. The van der Waals surface area contributed by atoms with Gasteiger partial charge in [0.05, 0.1) is 16.8 Å². The van der Waals surface area contributed by atoms with Crippen LogP contribution in [-0.2, 0) is 0 Å². The van der Waals surface area contributed by atoms with Crippen LogP contribution in [0.2, 0.25) is 0 Å². The van der Waals surface area contributed by atoms with Crippen LogP contribution in [0.15, 0.2) is 41.5 Å². The lowest BCUT2D eigenvalue weighted by molar-refractivity contribution is -0.430. The standard InChI is InChI=1S/C18H13FN4O/c1-10-6-7-13(19)11-8-15(21-17(10)11)18(24)22-14-4-3-5-16-12(14)9-20-23(16)2/h3-9H,2H2,1H3,(H-,20,21,22,24)/p+1. The van der Waals surface area contributed by atoms with Crippen molar-refractivity contribution in [3.05, 3.63) is 59.0 Å². The maximum absolute atomic E-state index is 13.9. The third-order valence-electron chi connectivity index (χ3n) is 4.13. The topological polar surface area (TPSA) is 60.3 Å². The predicted molar refractivity (Wildman–Crippen MR) is 92.0 cm³/mol. The summed E-state index contributed by atoms with van der Waals surface area (Å²) in [6.45, 7) is 5.64. The number of amides is 1. The quantitative estimate of drug-likeness (QED) is 0.697. The molecule has 0 atom stereocenters. The molecule has 1 aliphatic heterocycles. The van der Waals surface area contributed by atoms with E-state index in [0.717, 1.165) is 16.8 Å². The van der Waals surface area contributed by atoms with E-state index in [0.29, 0.717) is 22.3 Å². The van der Waals surface area contributed by atoms with Crippen LogP contribution in [-0.4, -0.2) is 28.5 Å². The molecule has 1 amide bonds. The highest BCUT2D eigenvalue weighted by Crippen LogP contribution is 2.29. The first-order valence-electron chi connectivity index (χ1n) is 7.41. The number of hydrogen-bond acceptors (Lipinski definition) is 2. The van der Waals surface area contributed by atoms with Crippen LogP contribution in [0, 0.1) is 12.7 Å². The second kappa shape index (κ2) is 5.13. The fraction of sp³-hybridized carbons (Fsp3) is 0.0556. The Morgan fingerprint density at radius 3 is 2.96 bits per heavy atom. The Morgan fingerprint density at radius 1 is 1.33 bits per heavy atom. The fourth-order valence-corrected chi connectivity index (χ4v) is 2.85. The Kier molecular flexibility index (Phi) is 3.06. The number of hydrazone groups is 1. The van der Waals surface area contributed by atoms with Crippen molar-refractivity contribution in [1.29, 1.82) is 0 Å². The van der Waals surface area contributed by atoms with E-state index in [4.69, 9.17) is 0 Å². The second-order valence-corrected chi connectivity index (χ2v) is 5.67. The number of aromatic amines is 1. The van der Waals surface area contributed by atoms with E-state index < -0.39 is 0 Å². The van der Waals surface area contributed by atoms with Crippen molar-refractivity contribution >= 4 is 41.1 Å². The van der Waals surface area contributed by atoms with Crippen LogP contribution in [0.1, 0.15) is 21.6 Å². The molecule has 24 heavy (non-hydrogen) atoms. The smallest absolute Gasteiger partial charge is 0.272 e. The number of carbonyl (C=O) groups excluding carboxylic acids is 1. The molecule has 0 saturated carbocycles. The van der Waals surface area contributed by atoms with E-state index in [1.54, 1.807) is 18.3 Å². The van der Waals surface area contributed by atoms with E-state index in [-0.39, 0.29) is 11.7 Å². The summed E-state index contributed by atoms with van der Waals surface area (Å²) in [4.78, 5) is 15.5. The predicted octanol–water partition coefficient (Wildman–Crippen LogP) is 3.56. The summed E-state index contributed by atoms with van der Waals surface area (Å²) >= 11 is 0. The zero-order chi connectivity index (χ0) is 16.8. The summed E-state index contributed by atoms with van der Waals surface area (Å²) in [5.41, 5.74) is 4.04. The Bertz CT molecular complexity index is 1010. The molecule has 0 spiro atoms. The minimum absolute atomic E-state index is 0.303. The van der Waals surface area contributed by atoms with Crippen LogP contribution in [0.5, 0.6) is 0 Å². The molecule has 2 aromatic carbocycles. The summed E-state index contributed by atoms with van der Waals surface area (Å²) in [6.07, 6.45) is 1.65. The van der Waals surface area contributed by atoms with E-state index in [9.17, 15) is 9.18 Å². The number of aryl methyl sites for hydroxylation is 1. The van der Waals surface area contributed by atoms with Gasteiger partial charge in [-0.3, -0.25) is 4.79 Å². The van der Waals surface area contributed by atoms with Gasteiger partial charge in [-0.15, -0.1) is 0 Å². The number of rotatable bonds is 2. The third-order valence-corrected chi connectivity index (χ3v) is 4.13. The first-order valence-corrected chi connectivity index (χ1v) is 7.41. The Morgan fingerprint density at radius 2 is 2.17 bits per heavy atom. The SMILES string of the molecule is C=[N+]1N=Cc2c(NC(=O)c3cc4c(F)ccc(C)c4[nH]3)cccc21. The molecule has 0 aliphatic carbocycles. The molecule has 0 radical (unpaired) electrons. The van der Waals surface area contributed by atoms with E-state index in [1.165, 1.54) is 16.8 Å². The number of nitrogens with zero attached hydrogens (tertiary/aromatic N) is 2. The summed E-state index contributed by atoms with van der Waals surface area (Å²) in [5, 5.41) is 7.34. The highest BCUT2D eigenvalue weighted by Gasteiger charge is 2.23. The zero-order valence-electron chi connectivity index (χ0n) is 12.9. The zero-order valence-corrected chi connectivity index (χ0v) is 12.9. The maximum Gasteiger partial charge on any atom is 0.272 e. The van der Waals surface area contributed by atoms with Gasteiger partial charge in [0.2, 0.25) is 5.69 Å². The minimum Gasteiger partial charge on any atom is -0.350 e. The molecular weight excluding hydrogens is 307 g/mol. The van der Waals surface area contributed by atoms with Crippen LogP contribution in [0.3, 0.4) is 0 Å². The maximum atomic E-state index is 13.9. The van der Waals surface area contributed by atoms with Crippen molar-refractivity contribution in [2.75, 3.05) is 5.32 Å². The number of benzene rings is 2. The minimum atomic E-state index is -0.355. The van der Waals surface area contributed by atoms with Crippen molar-refractivity contribution in [1.82, 2.24) is 4.98 Å². The van der Waals surface area contributed by atoms with Crippen molar-refractivity contribution in [2.45, 2.75) is 6.92 Å². The van der Waals surface area contributed by atoms with Crippen LogP contribution < -0.4 is 5.32 Å². The van der Waals surface area contributed by atoms with Crippen LogP contribution >= 0.6 is 0 Å². The van der Waals surface area contributed by atoms with Crippen LogP contribution in [0.25, 0.3) is 10.9 Å². The molecule has 1 aromatic heterocycles. The number of fused-ring (bicyclic) bond motifs is 2. The lowest BCUT2D eigenvalue weighted by atomic mass is 10.1.